The zero-order valence-electron chi connectivity index (χ0n) is 12.7. The number of rotatable bonds is 5. The van der Waals surface area contributed by atoms with Gasteiger partial charge < -0.3 is 9.73 Å². The van der Waals surface area contributed by atoms with Crippen LogP contribution < -0.4 is 11.1 Å². The lowest BCUT2D eigenvalue weighted by Crippen LogP contribution is -2.29. The summed E-state index contributed by atoms with van der Waals surface area (Å²) in [7, 11) is 1.65. The highest BCUT2D eigenvalue weighted by atomic mass is 32.2. The van der Waals surface area contributed by atoms with Gasteiger partial charge in [-0.2, -0.15) is 0 Å². The topological polar surface area (TPSA) is 64.2 Å². The van der Waals surface area contributed by atoms with Gasteiger partial charge in [-0.3, -0.25) is 9.36 Å². The van der Waals surface area contributed by atoms with Crippen molar-refractivity contribution in [1.29, 1.82) is 0 Å². The zero-order valence-corrected chi connectivity index (χ0v) is 13.5. The first-order valence-electron chi connectivity index (χ1n) is 6.96. The second kappa shape index (κ2) is 6.39. The Labute approximate surface area is 127 Å². The van der Waals surface area contributed by atoms with Gasteiger partial charge in [-0.15, -0.1) is 11.8 Å². The van der Waals surface area contributed by atoms with Gasteiger partial charge in [0.15, 0.2) is 5.58 Å². The smallest absolute Gasteiger partial charge is 0.408 e. The molecule has 1 aromatic carbocycles. The number of hydrogen-bond donors (Lipinski definition) is 1. The molecule has 1 unspecified atom stereocenters. The van der Waals surface area contributed by atoms with Crippen molar-refractivity contribution in [2.45, 2.75) is 26.0 Å². The fraction of sp³-hybridized carbons (Fsp3) is 0.467. The summed E-state index contributed by atoms with van der Waals surface area (Å²) in [4.78, 5) is 23.8. The highest BCUT2D eigenvalue weighted by Crippen LogP contribution is 2.23. The molecular formula is C15H20N2O3S. The van der Waals surface area contributed by atoms with Crippen LogP contribution in [0.15, 0.2) is 27.4 Å². The van der Waals surface area contributed by atoms with E-state index >= 15 is 0 Å². The molecule has 0 radical (unpaired) electrons. The number of anilines is 1. The minimum absolute atomic E-state index is 0.0190. The molecule has 0 aliphatic heterocycles. The number of hydrogen-bond acceptors (Lipinski definition) is 4. The molecule has 2 rings (SSSR count). The van der Waals surface area contributed by atoms with Crippen molar-refractivity contribution in [3.63, 3.8) is 0 Å². The maximum Gasteiger partial charge on any atom is 0.419 e. The van der Waals surface area contributed by atoms with Crippen molar-refractivity contribution >= 4 is 34.5 Å². The van der Waals surface area contributed by atoms with Crippen LogP contribution in [-0.4, -0.2) is 21.5 Å². The Morgan fingerprint density at radius 1 is 1.43 bits per heavy atom. The Balaban J connectivity index is 2.23. The van der Waals surface area contributed by atoms with Gasteiger partial charge in [0.25, 0.3) is 0 Å². The number of carbonyl (C=O) groups is 1. The summed E-state index contributed by atoms with van der Waals surface area (Å²) >= 11 is 1.63. The van der Waals surface area contributed by atoms with Gasteiger partial charge >= 0.3 is 5.76 Å². The van der Waals surface area contributed by atoms with Crippen molar-refractivity contribution in [2.24, 2.45) is 13.0 Å². The molecule has 0 saturated heterocycles. The van der Waals surface area contributed by atoms with Gasteiger partial charge in [-0.1, -0.05) is 20.8 Å². The Hall–Kier alpha value is -1.69. The second-order valence-corrected chi connectivity index (χ2v) is 6.64. The van der Waals surface area contributed by atoms with E-state index in [2.05, 4.69) is 5.32 Å². The Kier molecular flexibility index (Phi) is 4.77. The predicted octanol–water partition coefficient (Wildman–Crippen LogP) is 2.85. The third-order valence-electron chi connectivity index (χ3n) is 3.27. The summed E-state index contributed by atoms with van der Waals surface area (Å²) in [5.41, 5.74) is 1.83. The lowest BCUT2D eigenvalue weighted by atomic mass is 10.1. The van der Waals surface area contributed by atoms with Crippen LogP contribution in [0.5, 0.6) is 0 Å². The maximum atomic E-state index is 12.3. The highest BCUT2D eigenvalue weighted by molar-refractivity contribution is 8.00. The SMILES string of the molecule is CCSC(C(=O)Nc1ccc2c(c1)oc(=O)n2C)C(C)C. The number of amides is 1. The number of oxazole rings is 1. The van der Waals surface area contributed by atoms with Crippen molar-refractivity contribution in [3.8, 4) is 0 Å². The normalized spacial score (nSPS) is 12.8. The first-order valence-corrected chi connectivity index (χ1v) is 8.01. The zero-order chi connectivity index (χ0) is 15.6. The summed E-state index contributed by atoms with van der Waals surface area (Å²) in [5, 5.41) is 2.81. The van der Waals surface area contributed by atoms with Crippen LogP contribution in [0.3, 0.4) is 0 Å². The predicted molar refractivity (Wildman–Crippen MR) is 86.8 cm³/mol. The van der Waals surface area contributed by atoms with E-state index in [4.69, 9.17) is 4.42 Å². The Bertz CT molecular complexity index is 702. The van der Waals surface area contributed by atoms with Crippen molar-refractivity contribution in [1.82, 2.24) is 4.57 Å². The van der Waals surface area contributed by atoms with E-state index in [0.717, 1.165) is 5.75 Å². The van der Waals surface area contributed by atoms with Gasteiger partial charge in [0.05, 0.1) is 10.8 Å². The van der Waals surface area contributed by atoms with Gasteiger partial charge in [-0.25, -0.2) is 4.79 Å². The summed E-state index contributed by atoms with van der Waals surface area (Å²) in [5.74, 6) is 0.723. The standard InChI is InChI=1S/C15H20N2O3S/c1-5-21-13(9(2)3)14(18)16-10-6-7-11-12(8-10)20-15(19)17(11)4/h6-9,13H,5H2,1-4H3,(H,16,18). The van der Waals surface area contributed by atoms with Crippen molar-refractivity contribution in [2.75, 3.05) is 11.1 Å². The molecule has 1 N–H and O–H groups in total. The van der Waals surface area contributed by atoms with E-state index < -0.39 is 5.76 Å². The number of aryl methyl sites for hydroxylation is 1. The molecule has 0 fully saturated rings. The molecule has 0 aliphatic rings. The number of nitrogens with zero attached hydrogens (tertiary/aromatic N) is 1. The number of fused-ring (bicyclic) bond motifs is 1. The fourth-order valence-corrected chi connectivity index (χ4v) is 3.13. The lowest BCUT2D eigenvalue weighted by Gasteiger charge is -2.19. The van der Waals surface area contributed by atoms with E-state index in [0.29, 0.717) is 16.8 Å². The van der Waals surface area contributed by atoms with E-state index in [1.165, 1.54) is 4.57 Å². The molecule has 2 aromatic rings. The van der Waals surface area contributed by atoms with Crippen LogP contribution in [0.25, 0.3) is 11.1 Å². The quantitative estimate of drug-likeness (QED) is 0.922. The average Bonchev–Trinajstić information content (AvgIpc) is 2.70. The monoisotopic (exact) mass is 308 g/mol. The first-order chi connectivity index (χ1) is 9.93. The average molecular weight is 308 g/mol. The third kappa shape index (κ3) is 3.32. The lowest BCUT2D eigenvalue weighted by molar-refractivity contribution is -0.116. The Morgan fingerprint density at radius 2 is 2.14 bits per heavy atom. The summed E-state index contributed by atoms with van der Waals surface area (Å²) < 4.78 is 6.56. The maximum absolute atomic E-state index is 12.3. The molecular weight excluding hydrogens is 288 g/mol. The largest absolute Gasteiger partial charge is 0.419 e. The van der Waals surface area contributed by atoms with Crippen LogP contribution in [0.1, 0.15) is 20.8 Å². The molecule has 6 heteroatoms. The number of carbonyl (C=O) groups excluding carboxylic acids is 1. The van der Waals surface area contributed by atoms with E-state index in [1.54, 1.807) is 37.0 Å². The molecule has 0 saturated carbocycles. The molecule has 5 nitrogen and oxygen atoms in total. The van der Waals surface area contributed by atoms with Crippen LogP contribution in [0.2, 0.25) is 0 Å². The summed E-state index contributed by atoms with van der Waals surface area (Å²) in [6, 6.07) is 5.24. The van der Waals surface area contributed by atoms with E-state index in [1.807, 2.05) is 20.8 Å². The molecule has 114 valence electrons. The van der Waals surface area contributed by atoms with Gasteiger partial charge in [-0.05, 0) is 23.8 Å². The van der Waals surface area contributed by atoms with Gasteiger partial charge in [0.1, 0.15) is 0 Å². The van der Waals surface area contributed by atoms with E-state index in [-0.39, 0.29) is 17.1 Å². The minimum Gasteiger partial charge on any atom is -0.408 e. The number of benzene rings is 1. The molecule has 21 heavy (non-hydrogen) atoms. The van der Waals surface area contributed by atoms with Crippen molar-refractivity contribution < 1.29 is 9.21 Å². The molecule has 0 spiro atoms. The summed E-state index contributed by atoms with van der Waals surface area (Å²) in [6.07, 6.45) is 0. The molecule has 0 bridgehead atoms. The summed E-state index contributed by atoms with van der Waals surface area (Å²) in [6.45, 7) is 6.11. The van der Waals surface area contributed by atoms with Gasteiger partial charge in [0, 0.05) is 18.8 Å². The van der Waals surface area contributed by atoms with E-state index in [9.17, 15) is 9.59 Å². The molecule has 0 aliphatic carbocycles. The molecule has 1 atom stereocenters. The molecule has 1 heterocycles. The second-order valence-electron chi connectivity index (χ2n) is 5.22. The van der Waals surface area contributed by atoms with Crippen LogP contribution in [0.4, 0.5) is 5.69 Å². The highest BCUT2D eigenvalue weighted by Gasteiger charge is 2.22. The fourth-order valence-electron chi connectivity index (χ4n) is 2.18. The van der Waals surface area contributed by atoms with Crippen LogP contribution in [-0.2, 0) is 11.8 Å². The van der Waals surface area contributed by atoms with Crippen LogP contribution >= 0.6 is 11.8 Å². The first kappa shape index (κ1) is 15.7. The van der Waals surface area contributed by atoms with Crippen LogP contribution in [0, 0.1) is 5.92 Å². The van der Waals surface area contributed by atoms with Crippen molar-refractivity contribution in [3.05, 3.63) is 28.7 Å². The minimum atomic E-state index is -0.407. The number of aromatic nitrogens is 1. The third-order valence-corrected chi connectivity index (χ3v) is 4.72. The van der Waals surface area contributed by atoms with Gasteiger partial charge in [0.2, 0.25) is 5.91 Å². The number of thioether (sulfide) groups is 1. The molecule has 1 aromatic heterocycles. The molecule has 1 amide bonds. The number of nitrogens with one attached hydrogen (secondary N) is 1. The Morgan fingerprint density at radius 3 is 2.76 bits per heavy atom.